The first-order valence-electron chi connectivity index (χ1n) is 6.51. The van der Waals surface area contributed by atoms with Crippen LogP contribution >= 0.6 is 0 Å². The summed E-state index contributed by atoms with van der Waals surface area (Å²) in [5.41, 5.74) is 4.78. The summed E-state index contributed by atoms with van der Waals surface area (Å²) in [6.45, 7) is 6.05. The fourth-order valence-corrected chi connectivity index (χ4v) is 2.24. The molecule has 0 heterocycles. The molecule has 0 aliphatic heterocycles. The summed E-state index contributed by atoms with van der Waals surface area (Å²) in [5, 5.41) is 12.4. The minimum atomic E-state index is -0.151. The van der Waals surface area contributed by atoms with Crippen LogP contribution in [0.5, 0.6) is 0 Å². The first kappa shape index (κ1) is 14.1. The van der Waals surface area contributed by atoms with Crippen LogP contribution in [-0.2, 0) is 6.54 Å². The van der Waals surface area contributed by atoms with Crippen molar-refractivity contribution in [2.75, 3.05) is 5.32 Å². The monoisotopic (exact) mass is 268 g/mol. The van der Waals surface area contributed by atoms with E-state index in [0.717, 1.165) is 16.8 Å². The summed E-state index contributed by atoms with van der Waals surface area (Å²) >= 11 is 0. The molecule has 0 atom stereocenters. The second-order valence-corrected chi connectivity index (χ2v) is 5.06. The van der Waals surface area contributed by atoms with Gasteiger partial charge >= 0.3 is 0 Å². The zero-order valence-corrected chi connectivity index (χ0v) is 11.9. The number of aryl methyl sites for hydroxylation is 3. The van der Waals surface area contributed by atoms with Gasteiger partial charge in [-0.05, 0) is 55.2 Å². The molecular weight excluding hydrogens is 251 g/mol. The van der Waals surface area contributed by atoms with Crippen molar-refractivity contribution in [3.8, 4) is 6.07 Å². The van der Waals surface area contributed by atoms with E-state index in [-0.39, 0.29) is 5.82 Å². The Kier molecular flexibility index (Phi) is 4.05. The van der Waals surface area contributed by atoms with E-state index in [1.807, 2.05) is 37.3 Å². The van der Waals surface area contributed by atoms with Gasteiger partial charge < -0.3 is 5.32 Å². The van der Waals surface area contributed by atoms with Gasteiger partial charge in [-0.3, -0.25) is 0 Å². The highest BCUT2D eigenvalue weighted by molar-refractivity contribution is 5.58. The van der Waals surface area contributed by atoms with Crippen molar-refractivity contribution in [1.29, 1.82) is 5.26 Å². The summed E-state index contributed by atoms with van der Waals surface area (Å²) in [5.74, 6) is -0.151. The number of hydrogen-bond acceptors (Lipinski definition) is 2. The molecule has 2 aromatic carbocycles. The van der Waals surface area contributed by atoms with Gasteiger partial charge in [0.2, 0.25) is 0 Å². The second kappa shape index (κ2) is 5.75. The van der Waals surface area contributed by atoms with Crippen LogP contribution < -0.4 is 5.32 Å². The molecular formula is C17H17FN2. The molecule has 20 heavy (non-hydrogen) atoms. The van der Waals surface area contributed by atoms with Crippen molar-refractivity contribution >= 4 is 5.69 Å². The average molecular weight is 268 g/mol. The van der Waals surface area contributed by atoms with Gasteiger partial charge in [-0.2, -0.15) is 5.26 Å². The van der Waals surface area contributed by atoms with Crippen LogP contribution in [0.2, 0.25) is 0 Å². The number of benzene rings is 2. The van der Waals surface area contributed by atoms with E-state index in [1.165, 1.54) is 0 Å². The van der Waals surface area contributed by atoms with Crippen molar-refractivity contribution < 1.29 is 4.39 Å². The minimum Gasteiger partial charge on any atom is -0.380 e. The number of halogens is 1. The molecule has 0 aromatic heterocycles. The molecule has 0 unspecified atom stereocenters. The Labute approximate surface area is 118 Å². The van der Waals surface area contributed by atoms with E-state index in [1.54, 1.807) is 13.8 Å². The van der Waals surface area contributed by atoms with Gasteiger partial charge in [-0.25, -0.2) is 4.39 Å². The average Bonchev–Trinajstić information content (AvgIpc) is 2.43. The van der Waals surface area contributed by atoms with Crippen LogP contribution in [0.15, 0.2) is 30.3 Å². The number of nitrogens with zero attached hydrogens (tertiary/aromatic N) is 1. The molecule has 0 amide bonds. The lowest BCUT2D eigenvalue weighted by molar-refractivity contribution is 0.608. The normalized spacial score (nSPS) is 10.2. The summed E-state index contributed by atoms with van der Waals surface area (Å²) in [4.78, 5) is 0. The molecule has 1 N–H and O–H groups in total. The standard InChI is InChI=1S/C17H17FN2/c1-11-4-5-16(15(6-11)9-19)20-10-14-7-12(2)17(18)13(3)8-14/h4-8,20H,10H2,1-3H3. The molecule has 0 spiro atoms. The first-order valence-corrected chi connectivity index (χ1v) is 6.51. The third-order valence-corrected chi connectivity index (χ3v) is 3.27. The number of hydrogen-bond donors (Lipinski definition) is 1. The lowest BCUT2D eigenvalue weighted by atomic mass is 10.1. The maximum atomic E-state index is 13.6. The van der Waals surface area contributed by atoms with Gasteiger partial charge in [0, 0.05) is 6.54 Å². The molecule has 0 bridgehead atoms. The Balaban J connectivity index is 2.19. The van der Waals surface area contributed by atoms with Gasteiger partial charge in [-0.1, -0.05) is 18.2 Å². The van der Waals surface area contributed by atoms with E-state index < -0.39 is 0 Å². The molecule has 102 valence electrons. The minimum absolute atomic E-state index is 0.151. The van der Waals surface area contributed by atoms with Gasteiger partial charge in [-0.15, -0.1) is 0 Å². The van der Waals surface area contributed by atoms with E-state index in [2.05, 4.69) is 11.4 Å². The van der Waals surface area contributed by atoms with Crippen LogP contribution in [0, 0.1) is 37.9 Å². The fraction of sp³-hybridized carbons (Fsp3) is 0.235. The third-order valence-electron chi connectivity index (χ3n) is 3.27. The molecule has 0 aliphatic carbocycles. The van der Waals surface area contributed by atoms with Crippen LogP contribution in [0.4, 0.5) is 10.1 Å². The SMILES string of the molecule is Cc1ccc(NCc2cc(C)c(F)c(C)c2)c(C#N)c1. The summed E-state index contributed by atoms with van der Waals surface area (Å²) < 4.78 is 13.6. The molecule has 2 aromatic rings. The van der Waals surface area contributed by atoms with E-state index >= 15 is 0 Å². The molecule has 0 saturated heterocycles. The predicted molar refractivity (Wildman–Crippen MR) is 79.1 cm³/mol. The maximum absolute atomic E-state index is 13.6. The van der Waals surface area contributed by atoms with Crippen LogP contribution in [0.1, 0.15) is 27.8 Å². The van der Waals surface area contributed by atoms with Crippen molar-refractivity contribution in [3.05, 3.63) is 64.0 Å². The Morgan fingerprint density at radius 1 is 1.10 bits per heavy atom. The second-order valence-electron chi connectivity index (χ2n) is 5.06. The highest BCUT2D eigenvalue weighted by atomic mass is 19.1. The molecule has 2 nitrogen and oxygen atoms in total. The van der Waals surface area contributed by atoms with Gasteiger partial charge in [0.15, 0.2) is 0 Å². The lowest BCUT2D eigenvalue weighted by Crippen LogP contribution is -2.03. The van der Waals surface area contributed by atoms with Crippen molar-refractivity contribution in [3.63, 3.8) is 0 Å². The maximum Gasteiger partial charge on any atom is 0.129 e. The van der Waals surface area contributed by atoms with E-state index in [9.17, 15) is 4.39 Å². The Morgan fingerprint density at radius 2 is 1.75 bits per heavy atom. The van der Waals surface area contributed by atoms with E-state index in [4.69, 9.17) is 5.26 Å². The zero-order valence-electron chi connectivity index (χ0n) is 11.9. The quantitative estimate of drug-likeness (QED) is 0.904. The van der Waals surface area contributed by atoms with Crippen molar-refractivity contribution in [2.24, 2.45) is 0 Å². The summed E-state index contributed by atoms with van der Waals surface area (Å²) in [6.07, 6.45) is 0. The van der Waals surface area contributed by atoms with Crippen molar-refractivity contribution in [1.82, 2.24) is 0 Å². The number of nitriles is 1. The molecule has 0 radical (unpaired) electrons. The topological polar surface area (TPSA) is 35.8 Å². The number of rotatable bonds is 3. The Hall–Kier alpha value is -2.34. The predicted octanol–water partition coefficient (Wildman–Crippen LogP) is 4.23. The number of anilines is 1. The lowest BCUT2D eigenvalue weighted by Gasteiger charge is -2.11. The zero-order chi connectivity index (χ0) is 14.7. The molecule has 0 fully saturated rings. The molecule has 0 saturated carbocycles. The summed E-state index contributed by atoms with van der Waals surface area (Å²) in [6, 6.07) is 11.6. The Bertz CT molecular complexity index is 661. The molecule has 2 rings (SSSR count). The first-order chi connectivity index (χ1) is 9.51. The summed E-state index contributed by atoms with van der Waals surface area (Å²) in [7, 11) is 0. The van der Waals surface area contributed by atoms with Gasteiger partial charge in [0.1, 0.15) is 11.9 Å². The van der Waals surface area contributed by atoms with Crippen LogP contribution in [0.3, 0.4) is 0 Å². The fourth-order valence-electron chi connectivity index (χ4n) is 2.24. The van der Waals surface area contributed by atoms with Crippen LogP contribution in [-0.4, -0.2) is 0 Å². The smallest absolute Gasteiger partial charge is 0.129 e. The largest absolute Gasteiger partial charge is 0.380 e. The third kappa shape index (κ3) is 2.97. The van der Waals surface area contributed by atoms with Gasteiger partial charge in [0.05, 0.1) is 11.3 Å². The number of nitrogens with one attached hydrogen (secondary N) is 1. The highest BCUT2D eigenvalue weighted by Crippen LogP contribution is 2.19. The highest BCUT2D eigenvalue weighted by Gasteiger charge is 2.06. The molecule has 3 heteroatoms. The van der Waals surface area contributed by atoms with Crippen molar-refractivity contribution in [2.45, 2.75) is 27.3 Å². The Morgan fingerprint density at radius 3 is 2.35 bits per heavy atom. The molecule has 0 aliphatic rings. The van der Waals surface area contributed by atoms with E-state index in [0.29, 0.717) is 23.2 Å². The van der Waals surface area contributed by atoms with Gasteiger partial charge in [0.25, 0.3) is 0 Å². The van der Waals surface area contributed by atoms with Crippen LogP contribution in [0.25, 0.3) is 0 Å².